The first-order valence-corrected chi connectivity index (χ1v) is 12.1. The topological polar surface area (TPSA) is 69.0 Å². The summed E-state index contributed by atoms with van der Waals surface area (Å²) >= 11 is 1.70. The number of hydrogen-bond acceptors (Lipinski definition) is 5. The predicted octanol–water partition coefficient (Wildman–Crippen LogP) is 3.65. The molecule has 1 N–H and O–H groups in total. The molecule has 1 atom stereocenters. The molecule has 0 radical (unpaired) electrons. The molecular formula is C23H32N4O2S. The first-order valence-electron chi connectivity index (χ1n) is 11.2. The molecular weight excluding hydrogens is 396 g/mol. The standard InChI is InChI=1S/C23H32N4O2S/c1-27-20(25-26-22(27)30-17-19-11-8-16-29-19)12-15-24-21(28)23(13-6-3-7-14-23)18-9-4-2-5-10-18/h2,4-5,9-10,19H,3,6-8,11-17H2,1H3,(H,24,28). The Bertz CT molecular complexity index is 827. The van der Waals surface area contributed by atoms with Crippen molar-refractivity contribution < 1.29 is 9.53 Å². The number of amides is 1. The van der Waals surface area contributed by atoms with Gasteiger partial charge in [0.25, 0.3) is 0 Å². The second kappa shape index (κ2) is 9.96. The molecule has 0 spiro atoms. The third kappa shape index (κ3) is 4.72. The van der Waals surface area contributed by atoms with Crippen molar-refractivity contribution >= 4 is 17.7 Å². The highest BCUT2D eigenvalue weighted by Gasteiger charge is 2.40. The Balaban J connectivity index is 1.33. The first-order chi connectivity index (χ1) is 14.7. The lowest BCUT2D eigenvalue weighted by atomic mass is 9.68. The van der Waals surface area contributed by atoms with E-state index in [2.05, 4.69) is 27.6 Å². The molecule has 0 bridgehead atoms. The zero-order valence-electron chi connectivity index (χ0n) is 17.8. The van der Waals surface area contributed by atoms with Crippen LogP contribution in [0.2, 0.25) is 0 Å². The fraction of sp³-hybridized carbons (Fsp3) is 0.609. The molecule has 2 heterocycles. The number of rotatable bonds is 8. The summed E-state index contributed by atoms with van der Waals surface area (Å²) in [4.78, 5) is 13.3. The summed E-state index contributed by atoms with van der Waals surface area (Å²) in [5.74, 6) is 1.98. The zero-order chi connectivity index (χ0) is 20.8. The number of aromatic nitrogens is 3. The van der Waals surface area contributed by atoms with E-state index in [-0.39, 0.29) is 11.3 Å². The van der Waals surface area contributed by atoms with Gasteiger partial charge in [0.15, 0.2) is 5.16 Å². The van der Waals surface area contributed by atoms with Gasteiger partial charge in [0.05, 0.1) is 11.5 Å². The summed E-state index contributed by atoms with van der Waals surface area (Å²) < 4.78 is 7.73. The highest BCUT2D eigenvalue weighted by atomic mass is 32.2. The Kier molecular flexibility index (Phi) is 7.10. The van der Waals surface area contributed by atoms with Crippen LogP contribution in [0.3, 0.4) is 0 Å². The van der Waals surface area contributed by atoms with Crippen LogP contribution in [0.15, 0.2) is 35.5 Å². The number of carbonyl (C=O) groups excluding carboxylic acids is 1. The molecule has 1 saturated carbocycles. The molecule has 1 unspecified atom stereocenters. The lowest BCUT2D eigenvalue weighted by molar-refractivity contribution is -0.128. The van der Waals surface area contributed by atoms with Crippen molar-refractivity contribution in [1.29, 1.82) is 0 Å². The Hall–Kier alpha value is -1.86. The summed E-state index contributed by atoms with van der Waals surface area (Å²) in [6, 6.07) is 10.3. The van der Waals surface area contributed by atoms with Crippen LogP contribution in [0.4, 0.5) is 0 Å². The lowest BCUT2D eigenvalue weighted by Crippen LogP contribution is -2.46. The number of thioether (sulfide) groups is 1. The highest BCUT2D eigenvalue weighted by molar-refractivity contribution is 7.99. The summed E-state index contributed by atoms with van der Waals surface area (Å²) in [6.07, 6.45) is 8.58. The van der Waals surface area contributed by atoms with E-state index >= 15 is 0 Å². The second-order valence-electron chi connectivity index (χ2n) is 8.42. The lowest BCUT2D eigenvalue weighted by Gasteiger charge is -2.36. The number of nitrogens with zero attached hydrogens (tertiary/aromatic N) is 3. The smallest absolute Gasteiger partial charge is 0.230 e. The summed E-state index contributed by atoms with van der Waals surface area (Å²) in [5, 5.41) is 12.8. The second-order valence-corrected chi connectivity index (χ2v) is 9.41. The predicted molar refractivity (Wildman–Crippen MR) is 119 cm³/mol. The van der Waals surface area contributed by atoms with E-state index < -0.39 is 0 Å². The van der Waals surface area contributed by atoms with Crippen LogP contribution in [0.1, 0.15) is 56.3 Å². The quantitative estimate of drug-likeness (QED) is 0.650. The van der Waals surface area contributed by atoms with Gasteiger partial charge >= 0.3 is 0 Å². The molecule has 2 aliphatic rings. The number of carbonyl (C=O) groups is 1. The summed E-state index contributed by atoms with van der Waals surface area (Å²) in [7, 11) is 2.00. The van der Waals surface area contributed by atoms with Gasteiger partial charge in [-0.15, -0.1) is 10.2 Å². The van der Waals surface area contributed by atoms with Crippen LogP contribution in [-0.2, 0) is 28.4 Å². The molecule has 1 aliphatic heterocycles. The number of hydrogen-bond donors (Lipinski definition) is 1. The van der Waals surface area contributed by atoms with Gasteiger partial charge < -0.3 is 14.6 Å². The minimum Gasteiger partial charge on any atom is -0.377 e. The van der Waals surface area contributed by atoms with Gasteiger partial charge in [-0.2, -0.15) is 0 Å². The number of nitrogens with one attached hydrogen (secondary N) is 1. The average Bonchev–Trinajstić information content (AvgIpc) is 3.43. The number of benzene rings is 1. The molecule has 1 amide bonds. The van der Waals surface area contributed by atoms with Crippen LogP contribution in [0.5, 0.6) is 0 Å². The minimum atomic E-state index is -0.387. The van der Waals surface area contributed by atoms with Gasteiger partial charge in [0.1, 0.15) is 5.82 Å². The van der Waals surface area contributed by atoms with E-state index in [1.54, 1.807) is 11.8 Å². The maximum Gasteiger partial charge on any atom is 0.230 e. The van der Waals surface area contributed by atoms with E-state index in [0.717, 1.165) is 67.4 Å². The Morgan fingerprint density at radius 1 is 1.20 bits per heavy atom. The molecule has 4 rings (SSSR count). The molecule has 1 aliphatic carbocycles. The molecule has 1 saturated heterocycles. The van der Waals surface area contributed by atoms with Gasteiger partial charge in [-0.25, -0.2) is 0 Å². The van der Waals surface area contributed by atoms with Crippen molar-refractivity contribution in [1.82, 2.24) is 20.1 Å². The molecule has 162 valence electrons. The Morgan fingerprint density at radius 3 is 2.73 bits per heavy atom. The van der Waals surface area contributed by atoms with Crippen LogP contribution in [0.25, 0.3) is 0 Å². The van der Waals surface area contributed by atoms with E-state index in [4.69, 9.17) is 4.74 Å². The van der Waals surface area contributed by atoms with E-state index in [0.29, 0.717) is 19.1 Å². The van der Waals surface area contributed by atoms with Crippen LogP contribution in [-0.4, -0.2) is 45.7 Å². The van der Waals surface area contributed by atoms with Crippen LogP contribution < -0.4 is 5.32 Å². The average molecular weight is 429 g/mol. The molecule has 7 heteroatoms. The maximum absolute atomic E-state index is 13.3. The third-order valence-electron chi connectivity index (χ3n) is 6.45. The van der Waals surface area contributed by atoms with Crippen molar-refractivity contribution in [2.75, 3.05) is 18.9 Å². The molecule has 2 fully saturated rings. The van der Waals surface area contributed by atoms with Crippen LogP contribution >= 0.6 is 11.8 Å². The molecule has 1 aromatic heterocycles. The van der Waals surface area contributed by atoms with Gasteiger partial charge in [-0.1, -0.05) is 61.4 Å². The minimum absolute atomic E-state index is 0.156. The van der Waals surface area contributed by atoms with Crippen LogP contribution in [0, 0.1) is 0 Å². The van der Waals surface area contributed by atoms with Crippen molar-refractivity contribution in [2.24, 2.45) is 7.05 Å². The summed E-state index contributed by atoms with van der Waals surface area (Å²) in [5.41, 5.74) is 0.760. The molecule has 2 aromatic rings. The van der Waals surface area contributed by atoms with Gasteiger partial charge in [-0.3, -0.25) is 4.79 Å². The maximum atomic E-state index is 13.3. The van der Waals surface area contributed by atoms with E-state index in [1.807, 2.05) is 29.8 Å². The van der Waals surface area contributed by atoms with Crippen molar-refractivity contribution in [2.45, 2.75) is 68.0 Å². The third-order valence-corrected chi connectivity index (χ3v) is 7.60. The molecule has 6 nitrogen and oxygen atoms in total. The van der Waals surface area contributed by atoms with Gasteiger partial charge in [0, 0.05) is 32.4 Å². The van der Waals surface area contributed by atoms with Gasteiger partial charge in [0.2, 0.25) is 5.91 Å². The zero-order valence-corrected chi connectivity index (χ0v) is 18.6. The summed E-state index contributed by atoms with van der Waals surface area (Å²) in [6.45, 7) is 1.45. The van der Waals surface area contributed by atoms with Crippen molar-refractivity contribution in [3.63, 3.8) is 0 Å². The first kappa shape index (κ1) is 21.4. The normalized spacial score (nSPS) is 20.9. The number of ether oxygens (including phenoxy) is 1. The molecule has 1 aromatic carbocycles. The fourth-order valence-corrected chi connectivity index (χ4v) is 5.64. The monoisotopic (exact) mass is 428 g/mol. The van der Waals surface area contributed by atoms with E-state index in [1.165, 1.54) is 6.42 Å². The Morgan fingerprint density at radius 2 is 2.00 bits per heavy atom. The van der Waals surface area contributed by atoms with Crippen molar-refractivity contribution in [3.8, 4) is 0 Å². The van der Waals surface area contributed by atoms with E-state index in [9.17, 15) is 4.79 Å². The highest BCUT2D eigenvalue weighted by Crippen LogP contribution is 2.39. The van der Waals surface area contributed by atoms with Crippen molar-refractivity contribution in [3.05, 3.63) is 41.7 Å². The molecule has 30 heavy (non-hydrogen) atoms. The van der Waals surface area contributed by atoms with Gasteiger partial charge in [-0.05, 0) is 31.2 Å². The SMILES string of the molecule is Cn1c(CCNC(=O)C2(c3ccccc3)CCCCC2)nnc1SCC1CCCO1. The Labute approximate surface area is 183 Å². The largest absolute Gasteiger partial charge is 0.377 e. The fourth-order valence-electron chi connectivity index (χ4n) is 4.65.